The molecule has 6 heteroatoms. The summed E-state index contributed by atoms with van der Waals surface area (Å²) < 4.78 is 22.8. The number of rotatable bonds is 5. The Kier molecular flexibility index (Phi) is 4.04. The van der Waals surface area contributed by atoms with Crippen molar-refractivity contribution >= 4 is 15.7 Å². The molecule has 2 aliphatic rings. The Morgan fingerprint density at radius 3 is 2.76 bits per heavy atom. The Bertz CT molecular complexity index is 376. The highest BCUT2D eigenvalue weighted by Crippen LogP contribution is 2.31. The van der Waals surface area contributed by atoms with E-state index in [1.165, 1.54) is 12.8 Å². The summed E-state index contributed by atoms with van der Waals surface area (Å²) in [4.78, 5) is 11.6. The third-order valence-electron chi connectivity index (χ3n) is 3.30. The molecule has 1 aliphatic heterocycles. The lowest BCUT2D eigenvalue weighted by molar-refractivity contribution is -0.121. The summed E-state index contributed by atoms with van der Waals surface area (Å²) >= 11 is 0. The third kappa shape index (κ3) is 4.63. The smallest absolute Gasteiger partial charge is 0.221 e. The van der Waals surface area contributed by atoms with Crippen LogP contribution in [0.25, 0.3) is 0 Å². The van der Waals surface area contributed by atoms with E-state index in [4.69, 9.17) is 0 Å². The highest BCUT2D eigenvalue weighted by atomic mass is 32.2. The van der Waals surface area contributed by atoms with E-state index in [1.807, 2.05) is 0 Å². The molecule has 1 aliphatic carbocycles. The van der Waals surface area contributed by atoms with E-state index in [2.05, 4.69) is 10.6 Å². The van der Waals surface area contributed by atoms with Crippen molar-refractivity contribution in [3.05, 3.63) is 0 Å². The van der Waals surface area contributed by atoms with Crippen LogP contribution in [0.1, 0.15) is 25.7 Å². The van der Waals surface area contributed by atoms with Crippen LogP contribution in [0.2, 0.25) is 0 Å². The van der Waals surface area contributed by atoms with Crippen molar-refractivity contribution in [3.8, 4) is 0 Å². The number of sulfone groups is 1. The summed E-state index contributed by atoms with van der Waals surface area (Å²) in [5.41, 5.74) is 0. The molecule has 1 saturated carbocycles. The first-order valence-electron chi connectivity index (χ1n) is 6.26. The van der Waals surface area contributed by atoms with Crippen LogP contribution in [0.15, 0.2) is 0 Å². The zero-order valence-electron chi connectivity index (χ0n) is 9.94. The van der Waals surface area contributed by atoms with Crippen molar-refractivity contribution in [2.45, 2.75) is 31.7 Å². The molecule has 2 N–H and O–H groups in total. The number of nitrogens with one attached hydrogen (secondary N) is 2. The highest BCUT2D eigenvalue weighted by molar-refractivity contribution is 7.91. The van der Waals surface area contributed by atoms with E-state index >= 15 is 0 Å². The van der Waals surface area contributed by atoms with Crippen molar-refractivity contribution in [2.75, 3.05) is 24.6 Å². The second-order valence-electron chi connectivity index (χ2n) is 5.05. The first-order valence-corrected chi connectivity index (χ1v) is 8.08. The summed E-state index contributed by atoms with van der Waals surface area (Å²) in [6, 6.07) is -0.213. The molecule has 5 nitrogen and oxygen atoms in total. The molecule has 0 radical (unpaired) electrons. The lowest BCUT2D eigenvalue weighted by Crippen LogP contribution is -2.47. The second kappa shape index (κ2) is 5.35. The Morgan fingerprint density at radius 2 is 2.12 bits per heavy atom. The average molecular weight is 260 g/mol. The van der Waals surface area contributed by atoms with Gasteiger partial charge in [-0.3, -0.25) is 4.79 Å². The fraction of sp³-hybridized carbons (Fsp3) is 0.909. The van der Waals surface area contributed by atoms with Gasteiger partial charge in [0.05, 0.1) is 11.5 Å². The molecular formula is C11H20N2O3S. The summed E-state index contributed by atoms with van der Waals surface area (Å²) in [5, 5.41) is 5.93. The molecule has 1 amide bonds. The molecule has 98 valence electrons. The van der Waals surface area contributed by atoms with Crippen LogP contribution in [-0.4, -0.2) is 45.0 Å². The first kappa shape index (κ1) is 12.8. The van der Waals surface area contributed by atoms with Crippen molar-refractivity contribution in [1.82, 2.24) is 10.6 Å². The molecule has 1 atom stereocenters. The number of hydrogen-bond donors (Lipinski definition) is 2. The quantitative estimate of drug-likeness (QED) is 0.710. The topological polar surface area (TPSA) is 75.3 Å². The Morgan fingerprint density at radius 1 is 1.35 bits per heavy atom. The van der Waals surface area contributed by atoms with Gasteiger partial charge in [-0.05, 0) is 12.3 Å². The molecule has 0 bridgehead atoms. The van der Waals surface area contributed by atoms with Gasteiger partial charge in [0.25, 0.3) is 0 Å². The largest absolute Gasteiger partial charge is 0.356 e. The normalized spacial score (nSPS) is 27.6. The number of hydrogen-bond acceptors (Lipinski definition) is 4. The van der Waals surface area contributed by atoms with Gasteiger partial charge in [0, 0.05) is 25.6 Å². The fourth-order valence-electron chi connectivity index (χ4n) is 2.12. The summed E-state index contributed by atoms with van der Waals surface area (Å²) in [6.07, 6.45) is 3.91. The minimum atomic E-state index is -2.94. The predicted molar refractivity (Wildman–Crippen MR) is 65.4 cm³/mol. The van der Waals surface area contributed by atoms with Gasteiger partial charge in [-0.25, -0.2) is 8.42 Å². The zero-order valence-corrected chi connectivity index (χ0v) is 10.8. The molecule has 0 aromatic rings. The van der Waals surface area contributed by atoms with E-state index in [1.54, 1.807) is 0 Å². The van der Waals surface area contributed by atoms with Gasteiger partial charge in [-0.15, -0.1) is 0 Å². The minimum absolute atomic E-state index is 0.0414. The molecule has 17 heavy (non-hydrogen) atoms. The highest BCUT2D eigenvalue weighted by Gasteiger charge is 2.26. The maximum absolute atomic E-state index is 11.6. The summed E-state index contributed by atoms with van der Waals surface area (Å²) in [7, 11) is -2.94. The molecule has 1 heterocycles. The number of carbonyl (C=O) groups is 1. The monoisotopic (exact) mass is 260 g/mol. The Hall–Kier alpha value is -0.620. The van der Waals surface area contributed by atoms with Crippen LogP contribution in [0.4, 0.5) is 0 Å². The van der Waals surface area contributed by atoms with Gasteiger partial charge in [0.1, 0.15) is 0 Å². The molecule has 0 aromatic carbocycles. The van der Waals surface area contributed by atoms with Crippen LogP contribution in [0.5, 0.6) is 0 Å². The molecule has 2 rings (SSSR count). The predicted octanol–water partition coefficient (Wildman–Crippen LogP) is -0.321. The first-order chi connectivity index (χ1) is 8.05. The number of amides is 1. The van der Waals surface area contributed by atoms with Crippen LogP contribution < -0.4 is 10.6 Å². The van der Waals surface area contributed by atoms with E-state index in [-0.39, 0.29) is 29.9 Å². The van der Waals surface area contributed by atoms with Gasteiger partial charge in [0.15, 0.2) is 9.84 Å². The molecule has 1 saturated heterocycles. The lowest BCUT2D eigenvalue weighted by atomic mass is 10.2. The summed E-state index contributed by atoms with van der Waals surface area (Å²) in [6.45, 7) is 1.19. The fourth-order valence-corrected chi connectivity index (χ4v) is 3.56. The van der Waals surface area contributed by atoms with Crippen molar-refractivity contribution < 1.29 is 13.2 Å². The van der Waals surface area contributed by atoms with E-state index < -0.39 is 9.84 Å². The Labute approximate surface area is 102 Å². The van der Waals surface area contributed by atoms with Gasteiger partial charge >= 0.3 is 0 Å². The SMILES string of the molecule is O=C(CC1CS(=O)(=O)CCN1)NCCC1CC1. The third-order valence-corrected chi connectivity index (χ3v) is 5.04. The average Bonchev–Trinajstić information content (AvgIpc) is 2.99. The van der Waals surface area contributed by atoms with Gasteiger partial charge in [-0.2, -0.15) is 0 Å². The zero-order chi connectivity index (χ0) is 12.3. The van der Waals surface area contributed by atoms with Crippen LogP contribution in [-0.2, 0) is 14.6 Å². The van der Waals surface area contributed by atoms with E-state index in [0.717, 1.165) is 18.9 Å². The van der Waals surface area contributed by atoms with Crippen molar-refractivity contribution in [2.24, 2.45) is 5.92 Å². The lowest BCUT2D eigenvalue weighted by Gasteiger charge is -2.23. The van der Waals surface area contributed by atoms with Gasteiger partial charge in [-0.1, -0.05) is 12.8 Å². The van der Waals surface area contributed by atoms with E-state index in [9.17, 15) is 13.2 Å². The van der Waals surface area contributed by atoms with E-state index in [0.29, 0.717) is 6.54 Å². The molecule has 0 aromatic heterocycles. The number of carbonyl (C=O) groups excluding carboxylic acids is 1. The second-order valence-corrected chi connectivity index (χ2v) is 7.28. The van der Waals surface area contributed by atoms with Crippen LogP contribution >= 0.6 is 0 Å². The maximum atomic E-state index is 11.6. The Balaban J connectivity index is 1.66. The van der Waals surface area contributed by atoms with Crippen molar-refractivity contribution in [1.29, 1.82) is 0 Å². The van der Waals surface area contributed by atoms with Crippen LogP contribution in [0, 0.1) is 5.92 Å². The minimum Gasteiger partial charge on any atom is -0.356 e. The van der Waals surface area contributed by atoms with Crippen molar-refractivity contribution in [3.63, 3.8) is 0 Å². The molecular weight excluding hydrogens is 240 g/mol. The maximum Gasteiger partial charge on any atom is 0.221 e. The summed E-state index contributed by atoms with van der Waals surface area (Å²) in [5.74, 6) is 1.04. The molecule has 2 fully saturated rings. The molecule has 1 unspecified atom stereocenters. The van der Waals surface area contributed by atoms with Gasteiger partial charge in [0.2, 0.25) is 5.91 Å². The molecule has 0 spiro atoms. The van der Waals surface area contributed by atoms with Crippen LogP contribution in [0.3, 0.4) is 0 Å². The standard InChI is InChI=1S/C11H20N2O3S/c14-11(13-4-3-9-1-2-9)7-10-8-17(15,16)6-5-12-10/h9-10,12H,1-8H2,(H,13,14). The van der Waals surface area contributed by atoms with Gasteiger partial charge < -0.3 is 10.6 Å².